The maximum Gasteiger partial charge on any atom is 0.335 e. The number of carbonyl (C=O) groups is 1. The quantitative estimate of drug-likeness (QED) is 0.825. The molecule has 0 aliphatic carbocycles. The fraction of sp³-hybridized carbons (Fsp3) is 0.278. The molecule has 0 heterocycles. The van der Waals surface area contributed by atoms with Gasteiger partial charge in [0.05, 0.1) is 12.7 Å². The van der Waals surface area contributed by atoms with Crippen LogP contribution in [0.3, 0.4) is 0 Å². The van der Waals surface area contributed by atoms with Crippen molar-refractivity contribution in [3.05, 3.63) is 65.2 Å². The molecule has 4 nitrogen and oxygen atoms in total. The van der Waals surface area contributed by atoms with Gasteiger partial charge >= 0.3 is 5.97 Å². The highest BCUT2D eigenvalue weighted by atomic mass is 16.5. The molecule has 0 saturated heterocycles. The molecular formula is C18H21NO3. The molecule has 0 aliphatic rings. The number of nitrogens with one attached hydrogen (secondary N) is 1. The first-order chi connectivity index (χ1) is 10.6. The van der Waals surface area contributed by atoms with E-state index in [9.17, 15) is 4.79 Å². The van der Waals surface area contributed by atoms with Crippen LogP contribution in [0.2, 0.25) is 0 Å². The molecule has 0 radical (unpaired) electrons. The molecular weight excluding hydrogens is 278 g/mol. The van der Waals surface area contributed by atoms with Crippen LogP contribution in [-0.4, -0.2) is 24.2 Å². The summed E-state index contributed by atoms with van der Waals surface area (Å²) in [6, 6.07) is 15.2. The molecule has 2 aromatic carbocycles. The van der Waals surface area contributed by atoms with Crippen molar-refractivity contribution in [1.29, 1.82) is 0 Å². The van der Waals surface area contributed by atoms with Gasteiger partial charge < -0.3 is 15.2 Å². The molecule has 22 heavy (non-hydrogen) atoms. The van der Waals surface area contributed by atoms with E-state index in [0.717, 1.165) is 17.7 Å². The minimum atomic E-state index is -0.899. The normalized spacial score (nSPS) is 11.9. The van der Waals surface area contributed by atoms with Crippen molar-refractivity contribution in [2.45, 2.75) is 25.9 Å². The summed E-state index contributed by atoms with van der Waals surface area (Å²) in [5.74, 6) is 0.00557. The van der Waals surface area contributed by atoms with Gasteiger partial charge in [-0.3, -0.25) is 0 Å². The molecule has 2 aromatic rings. The van der Waals surface area contributed by atoms with Gasteiger partial charge in [-0.15, -0.1) is 0 Å². The van der Waals surface area contributed by atoms with Crippen molar-refractivity contribution >= 4 is 5.97 Å². The number of ether oxygens (including phenoxy) is 1. The minimum Gasteiger partial charge on any atom is -0.496 e. The molecule has 0 bridgehead atoms. The lowest BCUT2D eigenvalue weighted by Gasteiger charge is -2.16. The van der Waals surface area contributed by atoms with E-state index >= 15 is 0 Å². The first kappa shape index (κ1) is 16.0. The maximum absolute atomic E-state index is 10.8. The van der Waals surface area contributed by atoms with Gasteiger partial charge in [-0.25, -0.2) is 4.79 Å². The SMILES string of the molecule is COc1ccccc1CC(C)NCc1ccc(C(=O)O)cc1. The second-order valence-electron chi connectivity index (χ2n) is 5.30. The van der Waals surface area contributed by atoms with Crippen LogP contribution in [-0.2, 0) is 13.0 Å². The van der Waals surface area contributed by atoms with Gasteiger partial charge in [0.1, 0.15) is 5.75 Å². The van der Waals surface area contributed by atoms with E-state index in [1.807, 2.05) is 30.3 Å². The molecule has 116 valence electrons. The van der Waals surface area contributed by atoms with Crippen LogP contribution < -0.4 is 10.1 Å². The van der Waals surface area contributed by atoms with Crippen LogP contribution in [0.1, 0.15) is 28.4 Å². The second-order valence-corrected chi connectivity index (χ2v) is 5.30. The van der Waals surface area contributed by atoms with E-state index in [1.165, 1.54) is 5.56 Å². The van der Waals surface area contributed by atoms with Crippen LogP contribution in [0.25, 0.3) is 0 Å². The summed E-state index contributed by atoms with van der Waals surface area (Å²) >= 11 is 0. The number of benzene rings is 2. The first-order valence-electron chi connectivity index (χ1n) is 7.27. The monoisotopic (exact) mass is 299 g/mol. The molecule has 0 amide bonds. The number of para-hydroxylation sites is 1. The fourth-order valence-electron chi connectivity index (χ4n) is 2.33. The lowest BCUT2D eigenvalue weighted by atomic mass is 10.1. The first-order valence-corrected chi connectivity index (χ1v) is 7.27. The van der Waals surface area contributed by atoms with Gasteiger partial charge in [-0.1, -0.05) is 30.3 Å². The van der Waals surface area contributed by atoms with Gasteiger partial charge in [0, 0.05) is 12.6 Å². The number of carboxylic acids is 1. The molecule has 0 aromatic heterocycles. The third-order valence-corrected chi connectivity index (χ3v) is 3.57. The smallest absolute Gasteiger partial charge is 0.335 e. The van der Waals surface area contributed by atoms with E-state index in [2.05, 4.69) is 18.3 Å². The highest BCUT2D eigenvalue weighted by molar-refractivity contribution is 5.87. The number of rotatable bonds is 7. The summed E-state index contributed by atoms with van der Waals surface area (Å²) in [6.45, 7) is 2.83. The van der Waals surface area contributed by atoms with Crippen LogP contribution in [0, 0.1) is 0 Å². The van der Waals surface area contributed by atoms with Crippen molar-refractivity contribution in [2.75, 3.05) is 7.11 Å². The van der Waals surface area contributed by atoms with Gasteiger partial charge in [0.2, 0.25) is 0 Å². The Bertz CT molecular complexity index is 622. The molecule has 1 atom stereocenters. The zero-order valence-corrected chi connectivity index (χ0v) is 12.9. The number of hydrogen-bond acceptors (Lipinski definition) is 3. The zero-order chi connectivity index (χ0) is 15.9. The maximum atomic E-state index is 10.8. The Morgan fingerprint density at radius 3 is 2.50 bits per heavy atom. The van der Waals surface area contributed by atoms with E-state index in [1.54, 1.807) is 19.2 Å². The largest absolute Gasteiger partial charge is 0.496 e. The topological polar surface area (TPSA) is 58.6 Å². The predicted octanol–water partition coefficient (Wildman–Crippen LogP) is 3.11. The van der Waals surface area contributed by atoms with E-state index in [4.69, 9.17) is 9.84 Å². The number of aromatic carboxylic acids is 1. The van der Waals surface area contributed by atoms with E-state index in [-0.39, 0.29) is 6.04 Å². The van der Waals surface area contributed by atoms with Crippen molar-refractivity contribution in [2.24, 2.45) is 0 Å². The lowest BCUT2D eigenvalue weighted by molar-refractivity contribution is 0.0697. The van der Waals surface area contributed by atoms with Crippen molar-refractivity contribution in [1.82, 2.24) is 5.32 Å². The zero-order valence-electron chi connectivity index (χ0n) is 12.9. The Morgan fingerprint density at radius 1 is 1.18 bits per heavy atom. The lowest BCUT2D eigenvalue weighted by Crippen LogP contribution is -2.27. The minimum absolute atomic E-state index is 0.287. The Morgan fingerprint density at radius 2 is 1.86 bits per heavy atom. The van der Waals surface area contributed by atoms with Gasteiger partial charge in [-0.05, 0) is 42.7 Å². The Balaban J connectivity index is 1.89. The van der Waals surface area contributed by atoms with Crippen LogP contribution in [0.5, 0.6) is 5.75 Å². The molecule has 2 N–H and O–H groups in total. The fourth-order valence-corrected chi connectivity index (χ4v) is 2.33. The van der Waals surface area contributed by atoms with Gasteiger partial charge in [-0.2, -0.15) is 0 Å². The summed E-state index contributed by atoms with van der Waals surface area (Å²) in [5, 5.41) is 12.3. The molecule has 4 heteroatoms. The van der Waals surface area contributed by atoms with Crippen LogP contribution in [0.4, 0.5) is 0 Å². The van der Waals surface area contributed by atoms with Gasteiger partial charge in [0.15, 0.2) is 0 Å². The highest BCUT2D eigenvalue weighted by Gasteiger charge is 2.08. The molecule has 1 unspecified atom stereocenters. The van der Waals surface area contributed by atoms with E-state index < -0.39 is 5.97 Å². The molecule has 0 fully saturated rings. The number of carboxylic acid groups (broad SMARTS) is 1. The average molecular weight is 299 g/mol. The summed E-state index contributed by atoms with van der Waals surface area (Å²) in [6.07, 6.45) is 0.872. The van der Waals surface area contributed by atoms with Crippen LogP contribution >= 0.6 is 0 Å². The van der Waals surface area contributed by atoms with Gasteiger partial charge in [0.25, 0.3) is 0 Å². The third-order valence-electron chi connectivity index (χ3n) is 3.57. The summed E-state index contributed by atoms with van der Waals surface area (Å²) < 4.78 is 5.36. The van der Waals surface area contributed by atoms with Crippen molar-refractivity contribution in [3.8, 4) is 5.75 Å². The number of hydrogen-bond donors (Lipinski definition) is 2. The summed E-state index contributed by atoms with van der Waals surface area (Å²) in [7, 11) is 1.68. The van der Waals surface area contributed by atoms with Crippen molar-refractivity contribution in [3.63, 3.8) is 0 Å². The molecule has 2 rings (SSSR count). The molecule has 0 saturated carbocycles. The Kier molecular flexibility index (Phi) is 5.55. The summed E-state index contributed by atoms with van der Waals surface area (Å²) in [5.41, 5.74) is 2.55. The van der Waals surface area contributed by atoms with Crippen molar-refractivity contribution < 1.29 is 14.6 Å². The predicted molar refractivity (Wildman–Crippen MR) is 86.4 cm³/mol. The molecule has 0 spiro atoms. The van der Waals surface area contributed by atoms with E-state index in [0.29, 0.717) is 12.1 Å². The highest BCUT2D eigenvalue weighted by Crippen LogP contribution is 2.19. The Labute approximate surface area is 130 Å². The third kappa shape index (κ3) is 4.33. The number of methoxy groups -OCH3 is 1. The second kappa shape index (κ2) is 7.61. The van der Waals surface area contributed by atoms with Crippen LogP contribution in [0.15, 0.2) is 48.5 Å². The summed E-state index contributed by atoms with van der Waals surface area (Å²) in [4.78, 5) is 10.8. The standard InChI is InChI=1S/C18H21NO3/c1-13(11-16-5-3-4-6-17(16)22-2)19-12-14-7-9-15(10-8-14)18(20)21/h3-10,13,19H,11-12H2,1-2H3,(H,20,21). The average Bonchev–Trinajstić information content (AvgIpc) is 2.54. The Hall–Kier alpha value is -2.33. The molecule has 0 aliphatic heterocycles.